The van der Waals surface area contributed by atoms with E-state index in [2.05, 4.69) is 17.7 Å². The van der Waals surface area contributed by atoms with Gasteiger partial charge in [-0.05, 0) is 12.8 Å². The number of rotatable bonds is 2. The number of cyclic esters (lactones) is 2. The predicted molar refractivity (Wildman–Crippen MR) is 54.8 cm³/mol. The maximum absolute atomic E-state index is 11.3. The minimum absolute atomic E-state index is 0.273. The van der Waals surface area contributed by atoms with E-state index in [-0.39, 0.29) is 17.8 Å². The number of ether oxygens (including phenoxy) is 1. The molecule has 1 aliphatic carbocycles. The van der Waals surface area contributed by atoms with Gasteiger partial charge in [-0.1, -0.05) is 37.1 Å². The molecule has 0 bridgehead atoms. The van der Waals surface area contributed by atoms with E-state index in [0.717, 1.165) is 18.4 Å². The van der Waals surface area contributed by atoms with Crippen LogP contribution in [0.3, 0.4) is 0 Å². The molecule has 3 nitrogen and oxygen atoms in total. The van der Waals surface area contributed by atoms with Crippen LogP contribution in [0.15, 0.2) is 23.8 Å². The number of fused-ring (bicyclic) bond motifs is 1. The van der Waals surface area contributed by atoms with Crippen LogP contribution in [0.4, 0.5) is 0 Å². The lowest BCUT2D eigenvalue weighted by Gasteiger charge is -2.16. The van der Waals surface area contributed by atoms with Gasteiger partial charge in [0.05, 0.1) is 11.8 Å². The van der Waals surface area contributed by atoms with Crippen molar-refractivity contribution in [3.63, 3.8) is 0 Å². The molecule has 0 N–H and O–H groups in total. The first-order chi connectivity index (χ1) is 7.22. The molecule has 2 aliphatic rings. The summed E-state index contributed by atoms with van der Waals surface area (Å²) in [5, 5.41) is 0. The quantitative estimate of drug-likeness (QED) is 0.512. The molecule has 0 aromatic rings. The second kappa shape index (κ2) is 4.01. The van der Waals surface area contributed by atoms with Crippen molar-refractivity contribution in [3.8, 4) is 0 Å². The van der Waals surface area contributed by atoms with Crippen molar-refractivity contribution in [1.82, 2.24) is 0 Å². The van der Waals surface area contributed by atoms with Crippen molar-refractivity contribution in [2.45, 2.75) is 26.2 Å². The van der Waals surface area contributed by atoms with Crippen molar-refractivity contribution in [2.75, 3.05) is 0 Å². The average molecular weight is 206 g/mol. The van der Waals surface area contributed by atoms with Gasteiger partial charge >= 0.3 is 11.9 Å². The van der Waals surface area contributed by atoms with E-state index in [1.54, 1.807) is 6.08 Å². The second-order valence-electron chi connectivity index (χ2n) is 4.00. The van der Waals surface area contributed by atoms with E-state index in [0.29, 0.717) is 6.42 Å². The van der Waals surface area contributed by atoms with Crippen molar-refractivity contribution in [2.24, 2.45) is 11.8 Å². The van der Waals surface area contributed by atoms with Crippen LogP contribution < -0.4 is 0 Å². The number of carbonyl (C=O) groups excluding carboxylic acids is 2. The molecule has 0 amide bonds. The van der Waals surface area contributed by atoms with E-state index in [9.17, 15) is 9.59 Å². The molecule has 15 heavy (non-hydrogen) atoms. The normalized spacial score (nSPS) is 31.9. The number of carbonyl (C=O) groups is 2. The highest BCUT2D eigenvalue weighted by Crippen LogP contribution is 2.34. The van der Waals surface area contributed by atoms with E-state index < -0.39 is 5.97 Å². The fourth-order valence-electron chi connectivity index (χ4n) is 2.01. The Bertz CT molecular complexity index is 352. The van der Waals surface area contributed by atoms with Gasteiger partial charge in [-0.15, -0.1) is 0 Å². The molecular weight excluding hydrogens is 192 g/mol. The molecule has 1 saturated heterocycles. The third-order valence-corrected chi connectivity index (χ3v) is 2.88. The summed E-state index contributed by atoms with van der Waals surface area (Å²) in [5.41, 5.74) is 1.14. The Morgan fingerprint density at radius 2 is 2.27 bits per heavy atom. The summed E-state index contributed by atoms with van der Waals surface area (Å²) in [6, 6.07) is 0. The van der Waals surface area contributed by atoms with Gasteiger partial charge in [0.1, 0.15) is 0 Å². The minimum Gasteiger partial charge on any atom is -0.392 e. The van der Waals surface area contributed by atoms with Crippen molar-refractivity contribution in [3.05, 3.63) is 23.8 Å². The summed E-state index contributed by atoms with van der Waals surface area (Å²) < 4.78 is 4.60. The number of hydrogen-bond acceptors (Lipinski definition) is 3. The van der Waals surface area contributed by atoms with Crippen LogP contribution in [0.1, 0.15) is 26.2 Å². The van der Waals surface area contributed by atoms with E-state index in [1.807, 2.05) is 6.08 Å². The van der Waals surface area contributed by atoms with Crippen molar-refractivity contribution < 1.29 is 14.3 Å². The molecule has 0 spiro atoms. The number of unbranched alkanes of at least 4 members (excludes halogenated alkanes) is 1. The topological polar surface area (TPSA) is 43.4 Å². The summed E-state index contributed by atoms with van der Waals surface area (Å²) in [6.45, 7) is 2.11. The van der Waals surface area contributed by atoms with Crippen LogP contribution in [0.25, 0.3) is 0 Å². The monoisotopic (exact) mass is 206 g/mol. The second-order valence-corrected chi connectivity index (χ2v) is 4.00. The van der Waals surface area contributed by atoms with E-state index in [4.69, 9.17) is 0 Å². The van der Waals surface area contributed by atoms with Gasteiger partial charge in [0.2, 0.25) is 0 Å². The maximum Gasteiger partial charge on any atom is 0.321 e. The molecular formula is C12H14O3. The SMILES string of the molecule is CCC/C=C1/C=CC2C(=O)OC(=O)C2C1. The van der Waals surface area contributed by atoms with Crippen molar-refractivity contribution >= 4 is 11.9 Å². The summed E-state index contributed by atoms with van der Waals surface area (Å²) in [7, 11) is 0. The zero-order valence-electron chi connectivity index (χ0n) is 8.73. The highest BCUT2D eigenvalue weighted by Gasteiger charge is 2.44. The average Bonchev–Trinajstić information content (AvgIpc) is 2.52. The minimum atomic E-state index is -0.393. The van der Waals surface area contributed by atoms with Gasteiger partial charge in [-0.25, -0.2) is 0 Å². The van der Waals surface area contributed by atoms with Crippen LogP contribution in [-0.2, 0) is 14.3 Å². The van der Waals surface area contributed by atoms with Gasteiger partial charge in [0, 0.05) is 0 Å². The summed E-state index contributed by atoms with van der Waals surface area (Å²) in [6.07, 6.45) is 8.61. The smallest absolute Gasteiger partial charge is 0.321 e. The molecule has 3 heteroatoms. The zero-order valence-corrected chi connectivity index (χ0v) is 8.73. The molecule has 2 atom stereocenters. The van der Waals surface area contributed by atoms with E-state index in [1.165, 1.54) is 0 Å². The van der Waals surface area contributed by atoms with Crippen LogP contribution in [-0.4, -0.2) is 11.9 Å². The lowest BCUT2D eigenvalue weighted by atomic mass is 9.83. The highest BCUT2D eigenvalue weighted by atomic mass is 16.6. The summed E-state index contributed by atoms with van der Waals surface area (Å²) in [5.74, 6) is -1.37. The number of hydrogen-bond donors (Lipinski definition) is 0. The third kappa shape index (κ3) is 1.87. The fourth-order valence-corrected chi connectivity index (χ4v) is 2.01. The lowest BCUT2D eigenvalue weighted by Crippen LogP contribution is -2.19. The Morgan fingerprint density at radius 1 is 1.47 bits per heavy atom. The standard InChI is InChI=1S/C12H14O3/c1-2-3-4-8-5-6-9-10(7-8)12(14)15-11(9)13/h4-6,9-10H,2-3,7H2,1H3/b8-4-. The summed E-state index contributed by atoms with van der Waals surface area (Å²) in [4.78, 5) is 22.6. The zero-order chi connectivity index (χ0) is 10.8. The van der Waals surface area contributed by atoms with Crippen molar-refractivity contribution in [1.29, 1.82) is 0 Å². The van der Waals surface area contributed by atoms with Gasteiger partial charge in [0.15, 0.2) is 0 Å². The Kier molecular flexibility index (Phi) is 2.71. The van der Waals surface area contributed by atoms with Gasteiger partial charge in [0.25, 0.3) is 0 Å². The molecule has 1 aliphatic heterocycles. The molecule has 1 heterocycles. The molecule has 2 unspecified atom stereocenters. The number of allylic oxidation sites excluding steroid dienone is 3. The maximum atomic E-state index is 11.3. The first kappa shape index (κ1) is 10.1. The molecule has 0 saturated carbocycles. The molecule has 80 valence electrons. The predicted octanol–water partition coefficient (Wildman–Crippen LogP) is 1.99. The first-order valence-corrected chi connectivity index (χ1v) is 5.35. The molecule has 0 aromatic heterocycles. The van der Waals surface area contributed by atoms with Gasteiger partial charge in [-0.3, -0.25) is 9.59 Å². The Morgan fingerprint density at radius 3 is 3.00 bits per heavy atom. The van der Waals surface area contributed by atoms with Crippen LogP contribution >= 0.6 is 0 Å². The molecule has 0 aromatic carbocycles. The fraction of sp³-hybridized carbons (Fsp3) is 0.500. The molecule has 0 radical (unpaired) electrons. The number of esters is 2. The Balaban J connectivity index is 2.15. The van der Waals surface area contributed by atoms with Gasteiger partial charge < -0.3 is 4.74 Å². The first-order valence-electron chi connectivity index (χ1n) is 5.35. The highest BCUT2D eigenvalue weighted by molar-refractivity contribution is 5.98. The third-order valence-electron chi connectivity index (χ3n) is 2.88. The molecule has 2 rings (SSSR count). The van der Waals surface area contributed by atoms with Crippen LogP contribution in [0.2, 0.25) is 0 Å². The van der Waals surface area contributed by atoms with Gasteiger partial charge in [-0.2, -0.15) is 0 Å². The Labute approximate surface area is 88.8 Å². The Hall–Kier alpha value is -1.38. The van der Waals surface area contributed by atoms with Crippen LogP contribution in [0.5, 0.6) is 0 Å². The lowest BCUT2D eigenvalue weighted by molar-refractivity contribution is -0.153. The van der Waals surface area contributed by atoms with Crippen LogP contribution in [0, 0.1) is 11.8 Å². The van der Waals surface area contributed by atoms with E-state index >= 15 is 0 Å². The molecule has 1 fully saturated rings. The summed E-state index contributed by atoms with van der Waals surface area (Å²) >= 11 is 0. The largest absolute Gasteiger partial charge is 0.392 e.